The zero-order valence-electron chi connectivity index (χ0n) is 11.6. The van der Waals surface area contributed by atoms with Gasteiger partial charge in [0.25, 0.3) is 0 Å². The average Bonchev–Trinajstić information content (AvgIpc) is 2.92. The summed E-state index contributed by atoms with van der Waals surface area (Å²) in [6.07, 6.45) is 1.59. The van der Waals surface area contributed by atoms with E-state index in [-0.39, 0.29) is 5.89 Å². The van der Waals surface area contributed by atoms with E-state index in [4.69, 9.17) is 14.2 Å². The summed E-state index contributed by atoms with van der Waals surface area (Å²) in [6, 6.07) is 9.70. The zero-order chi connectivity index (χ0) is 16.6. The number of oxazole rings is 1. The van der Waals surface area contributed by atoms with Gasteiger partial charge in [-0.1, -0.05) is 12.7 Å². The Kier molecular flexibility index (Phi) is 3.77. The van der Waals surface area contributed by atoms with Crippen LogP contribution in [0.1, 0.15) is 5.56 Å². The van der Waals surface area contributed by atoms with Crippen LogP contribution in [0.25, 0.3) is 28.6 Å². The van der Waals surface area contributed by atoms with Gasteiger partial charge in [-0.15, -0.1) is 0 Å². The fourth-order valence-electron chi connectivity index (χ4n) is 2.02. The lowest BCUT2D eigenvalue weighted by Gasteiger charge is -2.07. The van der Waals surface area contributed by atoms with Crippen LogP contribution in [0.15, 0.2) is 41.3 Å². The SMILES string of the molecule is C=Cc1c[c]cc2nc(-c3ccc(OP(=O)(O)O)c(F)c3)oc12. The van der Waals surface area contributed by atoms with Crippen molar-refractivity contribution in [3.05, 3.63) is 54.4 Å². The van der Waals surface area contributed by atoms with Gasteiger partial charge in [0, 0.05) is 11.1 Å². The van der Waals surface area contributed by atoms with Crippen molar-refractivity contribution in [2.75, 3.05) is 0 Å². The molecule has 3 rings (SSSR count). The second kappa shape index (κ2) is 5.62. The number of phosphoric acid groups is 1. The quantitative estimate of drug-likeness (QED) is 0.709. The molecule has 1 heterocycles. The molecular formula is C15H10FNO5P. The Hall–Kier alpha value is -2.47. The molecule has 2 N–H and O–H groups in total. The third kappa shape index (κ3) is 3.17. The van der Waals surface area contributed by atoms with Crippen molar-refractivity contribution < 1.29 is 27.7 Å². The number of hydrogen-bond donors (Lipinski definition) is 2. The van der Waals surface area contributed by atoms with E-state index in [1.54, 1.807) is 18.2 Å². The second-order valence-corrected chi connectivity index (χ2v) is 5.74. The van der Waals surface area contributed by atoms with E-state index in [2.05, 4.69) is 22.2 Å². The summed E-state index contributed by atoms with van der Waals surface area (Å²) in [5.74, 6) is -1.34. The lowest BCUT2D eigenvalue weighted by Crippen LogP contribution is -1.93. The van der Waals surface area contributed by atoms with Crippen LogP contribution in [0.3, 0.4) is 0 Å². The summed E-state index contributed by atoms with van der Waals surface area (Å²) in [4.78, 5) is 21.7. The highest BCUT2D eigenvalue weighted by molar-refractivity contribution is 7.46. The smallest absolute Gasteiger partial charge is 0.435 e. The maximum atomic E-state index is 13.9. The van der Waals surface area contributed by atoms with Crippen LogP contribution in [0.5, 0.6) is 5.75 Å². The van der Waals surface area contributed by atoms with Gasteiger partial charge in [-0.05, 0) is 36.4 Å². The van der Waals surface area contributed by atoms with Gasteiger partial charge in [-0.25, -0.2) is 13.9 Å². The molecule has 0 aliphatic rings. The lowest BCUT2D eigenvalue weighted by molar-refractivity contribution is 0.278. The third-order valence-electron chi connectivity index (χ3n) is 2.99. The molecule has 117 valence electrons. The Morgan fingerprint density at radius 2 is 2.17 bits per heavy atom. The first kappa shape index (κ1) is 15.4. The molecule has 3 aromatic rings. The molecule has 8 heteroatoms. The minimum Gasteiger partial charge on any atom is -0.435 e. The van der Waals surface area contributed by atoms with Crippen molar-refractivity contribution in [1.29, 1.82) is 0 Å². The van der Waals surface area contributed by atoms with Gasteiger partial charge >= 0.3 is 7.82 Å². The normalized spacial score (nSPS) is 11.6. The maximum Gasteiger partial charge on any atom is 0.524 e. The van der Waals surface area contributed by atoms with Gasteiger partial charge in [0.1, 0.15) is 5.52 Å². The molecule has 0 spiro atoms. The van der Waals surface area contributed by atoms with Crippen molar-refractivity contribution in [3.63, 3.8) is 0 Å². The monoisotopic (exact) mass is 334 g/mol. The van der Waals surface area contributed by atoms with Crippen molar-refractivity contribution in [2.24, 2.45) is 0 Å². The first-order chi connectivity index (χ1) is 10.9. The molecule has 0 unspecified atom stereocenters. The van der Waals surface area contributed by atoms with Gasteiger partial charge in [-0.3, -0.25) is 9.79 Å². The van der Waals surface area contributed by atoms with Crippen LogP contribution >= 0.6 is 7.82 Å². The van der Waals surface area contributed by atoms with Crippen molar-refractivity contribution in [2.45, 2.75) is 0 Å². The number of phosphoric ester groups is 1. The minimum atomic E-state index is -4.83. The number of rotatable bonds is 4. The molecule has 0 saturated heterocycles. The van der Waals surface area contributed by atoms with Gasteiger partial charge in [-0.2, -0.15) is 0 Å². The van der Waals surface area contributed by atoms with Crippen LogP contribution < -0.4 is 4.52 Å². The van der Waals surface area contributed by atoms with E-state index >= 15 is 0 Å². The molecule has 0 aliphatic carbocycles. The Morgan fingerprint density at radius 1 is 1.39 bits per heavy atom. The molecule has 1 radical (unpaired) electrons. The highest BCUT2D eigenvalue weighted by atomic mass is 31.2. The van der Waals surface area contributed by atoms with Gasteiger partial charge < -0.3 is 8.94 Å². The highest BCUT2D eigenvalue weighted by Gasteiger charge is 2.20. The first-order valence-corrected chi connectivity index (χ1v) is 7.88. The van der Waals surface area contributed by atoms with Crippen molar-refractivity contribution in [3.8, 4) is 17.2 Å². The number of nitrogens with zero attached hydrogens (tertiary/aromatic N) is 1. The standard InChI is InChI=1S/C15H10FNO5P/c1-2-9-4-3-5-12-14(9)21-15(17-12)10-6-7-13(11(16)8-10)22-23(18,19)20/h2,4-8H,1H2,(H2,18,19,20). The fourth-order valence-corrected chi connectivity index (χ4v) is 2.43. The predicted octanol–water partition coefficient (Wildman–Crippen LogP) is 3.55. The van der Waals surface area contributed by atoms with E-state index in [0.29, 0.717) is 22.2 Å². The van der Waals surface area contributed by atoms with E-state index in [9.17, 15) is 8.96 Å². The van der Waals surface area contributed by atoms with E-state index in [0.717, 1.165) is 12.1 Å². The Bertz CT molecular complexity index is 946. The molecule has 0 saturated carbocycles. The Balaban J connectivity index is 2.04. The van der Waals surface area contributed by atoms with E-state index < -0.39 is 19.4 Å². The van der Waals surface area contributed by atoms with Crippen LogP contribution in [-0.4, -0.2) is 14.8 Å². The fraction of sp³-hybridized carbons (Fsp3) is 0. The summed E-state index contributed by atoms with van der Waals surface area (Å²) in [5, 5.41) is 0. The third-order valence-corrected chi connectivity index (χ3v) is 3.42. The van der Waals surface area contributed by atoms with E-state index in [1.807, 2.05) is 0 Å². The van der Waals surface area contributed by atoms with Crippen LogP contribution in [-0.2, 0) is 4.57 Å². The molecule has 2 aromatic carbocycles. The Labute approximate surface area is 130 Å². The summed E-state index contributed by atoms with van der Waals surface area (Å²) >= 11 is 0. The second-order valence-electron chi connectivity index (χ2n) is 4.58. The Morgan fingerprint density at radius 3 is 2.83 bits per heavy atom. The summed E-state index contributed by atoms with van der Waals surface area (Å²) < 4.78 is 34.5. The topological polar surface area (TPSA) is 92.8 Å². The van der Waals surface area contributed by atoms with Gasteiger partial charge in [0.15, 0.2) is 17.1 Å². The first-order valence-electron chi connectivity index (χ1n) is 6.35. The highest BCUT2D eigenvalue weighted by Crippen LogP contribution is 2.39. The van der Waals surface area contributed by atoms with E-state index in [1.165, 1.54) is 6.07 Å². The van der Waals surface area contributed by atoms with Gasteiger partial charge in [0.2, 0.25) is 5.89 Å². The minimum absolute atomic E-state index is 0.157. The number of benzene rings is 2. The zero-order valence-corrected chi connectivity index (χ0v) is 12.5. The molecule has 23 heavy (non-hydrogen) atoms. The number of aromatic nitrogens is 1. The van der Waals surface area contributed by atoms with Gasteiger partial charge in [0.05, 0.1) is 0 Å². The number of halogens is 1. The molecule has 0 aliphatic heterocycles. The summed E-state index contributed by atoms with van der Waals surface area (Å²) in [7, 11) is -4.83. The number of hydrogen-bond acceptors (Lipinski definition) is 4. The molecule has 0 atom stereocenters. The maximum absolute atomic E-state index is 13.9. The van der Waals surface area contributed by atoms with Crippen LogP contribution in [0, 0.1) is 11.9 Å². The molecular weight excluding hydrogens is 324 g/mol. The number of fused-ring (bicyclic) bond motifs is 1. The molecule has 0 fully saturated rings. The summed E-state index contributed by atoms with van der Waals surface area (Å²) in [5.41, 5.74) is 2.02. The predicted molar refractivity (Wildman–Crippen MR) is 81.0 cm³/mol. The molecule has 1 aromatic heterocycles. The van der Waals surface area contributed by atoms with Crippen molar-refractivity contribution in [1.82, 2.24) is 4.98 Å². The average molecular weight is 334 g/mol. The van der Waals surface area contributed by atoms with Crippen molar-refractivity contribution >= 4 is 25.0 Å². The molecule has 0 amide bonds. The van der Waals surface area contributed by atoms with Crippen LogP contribution in [0.2, 0.25) is 0 Å². The lowest BCUT2D eigenvalue weighted by atomic mass is 10.2. The largest absolute Gasteiger partial charge is 0.524 e. The van der Waals surface area contributed by atoms with Crippen LogP contribution in [0.4, 0.5) is 4.39 Å². The summed E-state index contributed by atoms with van der Waals surface area (Å²) in [6.45, 7) is 3.66. The molecule has 6 nitrogen and oxygen atoms in total. The molecule has 0 bridgehead atoms.